The first-order valence-corrected chi connectivity index (χ1v) is 13.3. The summed E-state index contributed by atoms with van der Waals surface area (Å²) in [5.41, 5.74) is 4.92. The number of benzene rings is 2. The van der Waals surface area contributed by atoms with Gasteiger partial charge in [0.25, 0.3) is 5.91 Å². The van der Waals surface area contributed by atoms with Crippen molar-refractivity contribution in [2.75, 3.05) is 33.9 Å². The highest BCUT2D eigenvalue weighted by Gasteiger charge is 2.34. The quantitative estimate of drug-likeness (QED) is 0.280. The van der Waals surface area contributed by atoms with Crippen molar-refractivity contribution in [1.82, 2.24) is 25.5 Å². The molecule has 2 unspecified atom stereocenters. The first-order valence-electron chi connectivity index (χ1n) is 13.3. The molecule has 1 aliphatic rings. The van der Waals surface area contributed by atoms with Crippen LogP contribution in [0.1, 0.15) is 22.5 Å². The normalized spacial score (nSPS) is 16.3. The van der Waals surface area contributed by atoms with Gasteiger partial charge in [0, 0.05) is 60.7 Å². The van der Waals surface area contributed by atoms with Crippen molar-refractivity contribution < 1.29 is 19.1 Å². The average molecular weight is 542 g/mol. The molecule has 5 rings (SSSR count). The van der Waals surface area contributed by atoms with E-state index in [0.717, 1.165) is 29.5 Å². The zero-order chi connectivity index (χ0) is 28.3. The fourth-order valence-corrected chi connectivity index (χ4v) is 4.85. The Labute approximate surface area is 233 Å². The minimum atomic E-state index is -0.449. The summed E-state index contributed by atoms with van der Waals surface area (Å²) in [7, 11) is 3.54. The molecule has 40 heavy (non-hydrogen) atoms. The van der Waals surface area contributed by atoms with Crippen molar-refractivity contribution in [2.24, 2.45) is 5.92 Å². The molecule has 9 heteroatoms. The topological polar surface area (TPSA) is 116 Å². The van der Waals surface area contributed by atoms with Gasteiger partial charge in [0.05, 0.1) is 19.2 Å². The molecule has 0 aliphatic carbocycles. The number of aldehydes is 1. The van der Waals surface area contributed by atoms with Crippen LogP contribution in [-0.2, 0) is 20.9 Å². The number of nitrogens with zero attached hydrogens (tertiary/aromatic N) is 2. The fraction of sp³-hybridized carbons (Fsp3) is 0.290. The molecule has 1 fully saturated rings. The molecule has 0 spiro atoms. The van der Waals surface area contributed by atoms with Crippen LogP contribution in [0.25, 0.3) is 22.0 Å². The highest BCUT2D eigenvalue weighted by Crippen LogP contribution is 2.22. The van der Waals surface area contributed by atoms with Crippen molar-refractivity contribution in [3.63, 3.8) is 0 Å². The Balaban J connectivity index is 0.000000255. The molecule has 0 bridgehead atoms. The van der Waals surface area contributed by atoms with E-state index in [4.69, 9.17) is 4.74 Å². The predicted octanol–water partition coefficient (Wildman–Crippen LogP) is 3.43. The lowest BCUT2D eigenvalue weighted by Gasteiger charge is -2.20. The summed E-state index contributed by atoms with van der Waals surface area (Å²) in [5, 5.41) is 6.91. The molecule has 9 nitrogen and oxygen atoms in total. The second-order valence-corrected chi connectivity index (χ2v) is 9.72. The molecule has 2 aromatic heterocycles. The Bertz CT molecular complexity index is 1370. The van der Waals surface area contributed by atoms with E-state index in [2.05, 4.69) is 26.7 Å². The van der Waals surface area contributed by atoms with Crippen molar-refractivity contribution in [2.45, 2.75) is 19.0 Å². The van der Waals surface area contributed by atoms with Gasteiger partial charge in [-0.2, -0.15) is 0 Å². The molecule has 208 valence electrons. The average Bonchev–Trinajstić information content (AvgIpc) is 3.60. The van der Waals surface area contributed by atoms with Gasteiger partial charge < -0.3 is 30.0 Å². The van der Waals surface area contributed by atoms with Crippen molar-refractivity contribution >= 4 is 29.0 Å². The number of carbonyl (C=O) groups excluding carboxylic acids is 3. The number of aromatic amines is 1. The molecule has 2 amide bonds. The molecular formula is C31H35N5O4. The summed E-state index contributed by atoms with van der Waals surface area (Å²) in [4.78, 5) is 44.9. The third kappa shape index (κ3) is 7.40. The lowest BCUT2D eigenvalue weighted by molar-refractivity contribution is -0.133. The van der Waals surface area contributed by atoms with E-state index in [1.807, 2.05) is 61.8 Å². The maximum Gasteiger partial charge on any atom is 0.251 e. The predicted molar refractivity (Wildman–Crippen MR) is 155 cm³/mol. The molecule has 1 aliphatic heterocycles. The Morgan fingerprint density at radius 1 is 1.10 bits per heavy atom. The molecule has 2 aromatic carbocycles. The van der Waals surface area contributed by atoms with Gasteiger partial charge in [-0.25, -0.2) is 0 Å². The molecule has 1 saturated heterocycles. The van der Waals surface area contributed by atoms with E-state index in [9.17, 15) is 14.4 Å². The summed E-state index contributed by atoms with van der Waals surface area (Å²) < 4.78 is 5.12. The molecule has 3 heterocycles. The summed E-state index contributed by atoms with van der Waals surface area (Å²) in [6, 6.07) is 20.8. The third-order valence-corrected chi connectivity index (χ3v) is 6.81. The number of hydrogen-bond acceptors (Lipinski definition) is 6. The van der Waals surface area contributed by atoms with Gasteiger partial charge in [-0.15, -0.1) is 0 Å². The van der Waals surface area contributed by atoms with Gasteiger partial charge in [-0.1, -0.05) is 42.5 Å². The van der Waals surface area contributed by atoms with Crippen LogP contribution < -0.4 is 10.6 Å². The van der Waals surface area contributed by atoms with Crippen molar-refractivity contribution in [1.29, 1.82) is 0 Å². The molecular weight excluding hydrogens is 506 g/mol. The number of amides is 2. The number of hydrogen-bond donors (Lipinski definition) is 3. The number of rotatable bonds is 9. The molecule has 0 radical (unpaired) electrons. The second kappa shape index (κ2) is 14.2. The first-order chi connectivity index (χ1) is 19.5. The number of nitrogens with one attached hydrogen (secondary N) is 3. The number of aromatic nitrogens is 2. The fourth-order valence-electron chi connectivity index (χ4n) is 4.85. The van der Waals surface area contributed by atoms with E-state index < -0.39 is 6.04 Å². The summed E-state index contributed by atoms with van der Waals surface area (Å²) >= 11 is 0. The van der Waals surface area contributed by atoms with Crippen LogP contribution >= 0.6 is 0 Å². The highest BCUT2D eigenvalue weighted by atomic mass is 16.5. The number of ether oxygens (including phenoxy) is 1. The zero-order valence-corrected chi connectivity index (χ0v) is 22.8. The second-order valence-electron chi connectivity index (χ2n) is 9.72. The minimum absolute atomic E-state index is 0.136. The van der Waals surface area contributed by atoms with Crippen LogP contribution in [0.2, 0.25) is 0 Å². The monoisotopic (exact) mass is 541 g/mol. The highest BCUT2D eigenvalue weighted by molar-refractivity contribution is 5.97. The number of fused-ring (bicyclic) bond motifs is 1. The van der Waals surface area contributed by atoms with E-state index in [1.165, 1.54) is 16.0 Å². The number of carbonyl (C=O) groups is 3. The van der Waals surface area contributed by atoms with Crippen LogP contribution in [0.4, 0.5) is 0 Å². The molecule has 4 aromatic rings. The van der Waals surface area contributed by atoms with Crippen LogP contribution in [0.15, 0.2) is 79.1 Å². The number of H-pyrrole nitrogens is 1. The van der Waals surface area contributed by atoms with Crippen LogP contribution in [-0.4, -0.2) is 72.9 Å². The van der Waals surface area contributed by atoms with E-state index >= 15 is 0 Å². The number of pyridine rings is 1. The Hall–Kier alpha value is -4.34. The third-order valence-electron chi connectivity index (χ3n) is 6.81. The van der Waals surface area contributed by atoms with Crippen LogP contribution in [0, 0.1) is 5.92 Å². The largest absolute Gasteiger partial charge is 0.384 e. The summed E-state index contributed by atoms with van der Waals surface area (Å²) in [6.07, 6.45) is 5.04. The van der Waals surface area contributed by atoms with Gasteiger partial charge in [-0.05, 0) is 48.9 Å². The van der Waals surface area contributed by atoms with Gasteiger partial charge in [0.15, 0.2) is 0 Å². The van der Waals surface area contributed by atoms with Crippen molar-refractivity contribution in [3.05, 3.63) is 90.4 Å². The van der Waals surface area contributed by atoms with E-state index in [1.54, 1.807) is 25.4 Å². The van der Waals surface area contributed by atoms with E-state index in [-0.39, 0.29) is 24.3 Å². The van der Waals surface area contributed by atoms with Gasteiger partial charge in [0.2, 0.25) is 5.91 Å². The summed E-state index contributed by atoms with van der Waals surface area (Å²) in [5.74, 6) is -0.432. The Morgan fingerprint density at radius 3 is 2.52 bits per heavy atom. The lowest BCUT2D eigenvalue weighted by Crippen LogP contribution is -2.43. The van der Waals surface area contributed by atoms with Gasteiger partial charge >= 0.3 is 0 Å². The standard InChI is InChI=1S/C22H24N2O4.C9H11N3/c1-28-15-16-11-20(14-25)24(13-16)21(26)12-23-22(27)19-9-7-18(8-10-19)17-5-3-2-4-6-17;1-10-6-8-4-7-5-11-3-2-9(7)12-8/h2-10,14,16,20H,11-13,15H2,1H3,(H,23,27);2-5,10,12H,6H2,1H3. The molecule has 2 atom stereocenters. The van der Waals surface area contributed by atoms with Crippen LogP contribution in [0.5, 0.6) is 0 Å². The van der Waals surface area contributed by atoms with Crippen molar-refractivity contribution in [3.8, 4) is 11.1 Å². The van der Waals surface area contributed by atoms with Crippen LogP contribution in [0.3, 0.4) is 0 Å². The molecule has 0 saturated carbocycles. The summed E-state index contributed by atoms with van der Waals surface area (Å²) in [6.45, 7) is 1.71. The SMILES string of the molecule is CNCc1cc2cnccc2[nH]1.COCC1CC(C=O)N(C(=O)CNC(=O)c2ccc(-c3ccccc3)cc2)C1. The minimum Gasteiger partial charge on any atom is -0.384 e. The maximum absolute atomic E-state index is 12.5. The Morgan fingerprint density at radius 2 is 1.85 bits per heavy atom. The maximum atomic E-state index is 12.5. The smallest absolute Gasteiger partial charge is 0.251 e. The molecule has 3 N–H and O–H groups in total. The van der Waals surface area contributed by atoms with Gasteiger partial charge in [-0.3, -0.25) is 14.6 Å². The van der Waals surface area contributed by atoms with Gasteiger partial charge in [0.1, 0.15) is 6.29 Å². The first kappa shape index (κ1) is 28.7. The zero-order valence-electron chi connectivity index (χ0n) is 22.8. The Kier molecular flexibility index (Phi) is 10.1. The number of likely N-dealkylation sites (tertiary alicyclic amines) is 1. The lowest BCUT2D eigenvalue weighted by atomic mass is 10.0. The number of methoxy groups -OCH3 is 1. The van der Waals surface area contributed by atoms with E-state index in [0.29, 0.717) is 25.1 Å².